The van der Waals surface area contributed by atoms with E-state index in [1.165, 1.54) is 0 Å². The van der Waals surface area contributed by atoms with E-state index < -0.39 is 0 Å². The lowest BCUT2D eigenvalue weighted by Gasteiger charge is -2.34. The molecule has 0 spiro atoms. The van der Waals surface area contributed by atoms with Crippen molar-refractivity contribution in [2.75, 3.05) is 31.7 Å². The van der Waals surface area contributed by atoms with E-state index >= 15 is 0 Å². The predicted molar refractivity (Wildman–Crippen MR) is 97.4 cm³/mol. The molecule has 1 atom stereocenters. The number of carbonyl (C=O) groups excluding carboxylic acids is 1. The minimum atomic E-state index is -0.0493. The molecule has 0 fully saturated rings. The number of hydrogen-bond donors (Lipinski definition) is 1. The highest BCUT2D eigenvalue weighted by Gasteiger charge is 2.27. The molecule has 142 valence electrons. The molecule has 1 amide bonds. The maximum Gasteiger partial charge on any atom is 0.226 e. The SMILES string of the molecule is COCCNC(=O)Cc1cn2c(n1)C(C)N(c1ccc3nncn3n1)CC2. The van der Waals surface area contributed by atoms with Gasteiger partial charge >= 0.3 is 0 Å². The van der Waals surface area contributed by atoms with Crippen LogP contribution in [0.1, 0.15) is 24.5 Å². The van der Waals surface area contributed by atoms with Crippen LogP contribution < -0.4 is 10.2 Å². The first kappa shape index (κ1) is 17.4. The average molecular weight is 370 g/mol. The van der Waals surface area contributed by atoms with Gasteiger partial charge in [-0.15, -0.1) is 15.3 Å². The van der Waals surface area contributed by atoms with Gasteiger partial charge in [0.05, 0.1) is 24.8 Å². The molecular weight excluding hydrogens is 348 g/mol. The van der Waals surface area contributed by atoms with Gasteiger partial charge in [-0.3, -0.25) is 4.79 Å². The quantitative estimate of drug-likeness (QED) is 0.619. The Morgan fingerprint density at radius 1 is 1.37 bits per heavy atom. The summed E-state index contributed by atoms with van der Waals surface area (Å²) >= 11 is 0. The third-order valence-electron chi connectivity index (χ3n) is 4.69. The highest BCUT2D eigenvalue weighted by atomic mass is 16.5. The Balaban J connectivity index is 1.49. The third kappa shape index (κ3) is 3.47. The normalized spacial score (nSPS) is 16.5. The van der Waals surface area contributed by atoms with E-state index in [0.717, 1.165) is 30.4 Å². The van der Waals surface area contributed by atoms with Gasteiger partial charge < -0.3 is 19.5 Å². The number of rotatable bonds is 6. The zero-order valence-corrected chi connectivity index (χ0v) is 15.4. The molecule has 4 rings (SSSR count). The van der Waals surface area contributed by atoms with Gasteiger partial charge in [0, 0.05) is 32.9 Å². The van der Waals surface area contributed by atoms with Gasteiger partial charge in [-0.2, -0.15) is 4.52 Å². The Bertz CT molecular complexity index is 949. The summed E-state index contributed by atoms with van der Waals surface area (Å²) in [5, 5.41) is 15.3. The fourth-order valence-electron chi connectivity index (χ4n) is 3.34. The summed E-state index contributed by atoms with van der Waals surface area (Å²) in [5.41, 5.74) is 1.49. The first-order valence-corrected chi connectivity index (χ1v) is 8.91. The van der Waals surface area contributed by atoms with E-state index in [4.69, 9.17) is 9.72 Å². The maximum absolute atomic E-state index is 12.0. The molecule has 0 saturated carbocycles. The number of ether oxygens (including phenoxy) is 1. The Labute approximate surface area is 156 Å². The molecule has 1 aliphatic rings. The lowest BCUT2D eigenvalue weighted by molar-refractivity contribution is -0.120. The highest BCUT2D eigenvalue weighted by Crippen LogP contribution is 2.28. The zero-order valence-electron chi connectivity index (χ0n) is 15.4. The largest absolute Gasteiger partial charge is 0.383 e. The Kier molecular flexibility index (Phi) is 4.71. The van der Waals surface area contributed by atoms with Crippen LogP contribution in [-0.4, -0.2) is 62.1 Å². The molecule has 0 bridgehead atoms. The Morgan fingerprint density at radius 2 is 2.26 bits per heavy atom. The van der Waals surface area contributed by atoms with Crippen molar-refractivity contribution in [3.8, 4) is 0 Å². The van der Waals surface area contributed by atoms with Crippen molar-refractivity contribution >= 4 is 17.4 Å². The van der Waals surface area contributed by atoms with Crippen molar-refractivity contribution in [1.82, 2.24) is 34.7 Å². The second-order valence-electron chi connectivity index (χ2n) is 6.50. The lowest BCUT2D eigenvalue weighted by atomic mass is 10.2. The number of carbonyl (C=O) groups is 1. The van der Waals surface area contributed by atoms with Crippen LogP contribution in [0.15, 0.2) is 24.7 Å². The topological polar surface area (TPSA) is 102 Å². The summed E-state index contributed by atoms with van der Waals surface area (Å²) in [4.78, 5) is 18.9. The van der Waals surface area contributed by atoms with Crippen molar-refractivity contribution in [3.05, 3.63) is 36.2 Å². The third-order valence-corrected chi connectivity index (χ3v) is 4.69. The first-order valence-electron chi connectivity index (χ1n) is 8.91. The molecule has 3 aromatic heterocycles. The monoisotopic (exact) mass is 370 g/mol. The minimum absolute atomic E-state index is 0.0467. The van der Waals surface area contributed by atoms with E-state index in [-0.39, 0.29) is 18.4 Å². The Hall–Kier alpha value is -3.01. The highest BCUT2D eigenvalue weighted by molar-refractivity contribution is 5.78. The van der Waals surface area contributed by atoms with E-state index in [1.54, 1.807) is 18.0 Å². The van der Waals surface area contributed by atoms with Crippen LogP contribution in [0, 0.1) is 0 Å². The van der Waals surface area contributed by atoms with Crippen molar-refractivity contribution in [2.24, 2.45) is 0 Å². The number of imidazole rings is 1. The molecule has 0 saturated heterocycles. The summed E-state index contributed by atoms with van der Waals surface area (Å²) in [6.45, 7) is 4.70. The van der Waals surface area contributed by atoms with E-state index in [9.17, 15) is 4.79 Å². The summed E-state index contributed by atoms with van der Waals surface area (Å²) in [6, 6.07) is 3.90. The second kappa shape index (κ2) is 7.31. The van der Waals surface area contributed by atoms with Crippen LogP contribution in [0.5, 0.6) is 0 Å². The number of amides is 1. The van der Waals surface area contributed by atoms with Crippen molar-refractivity contribution in [1.29, 1.82) is 0 Å². The molecule has 10 heteroatoms. The minimum Gasteiger partial charge on any atom is -0.383 e. The molecule has 1 aliphatic heterocycles. The molecule has 27 heavy (non-hydrogen) atoms. The van der Waals surface area contributed by atoms with E-state index in [1.807, 2.05) is 18.3 Å². The van der Waals surface area contributed by atoms with Crippen LogP contribution in [0.25, 0.3) is 5.65 Å². The second-order valence-corrected chi connectivity index (χ2v) is 6.50. The number of nitrogens with one attached hydrogen (secondary N) is 1. The van der Waals surface area contributed by atoms with Crippen LogP contribution in [0.3, 0.4) is 0 Å². The van der Waals surface area contributed by atoms with Gasteiger partial charge in [0.1, 0.15) is 18.0 Å². The van der Waals surface area contributed by atoms with Crippen LogP contribution in [0.2, 0.25) is 0 Å². The van der Waals surface area contributed by atoms with E-state index in [2.05, 4.69) is 37.0 Å². The van der Waals surface area contributed by atoms with Gasteiger partial charge in [-0.1, -0.05) is 0 Å². The fourth-order valence-corrected chi connectivity index (χ4v) is 3.34. The van der Waals surface area contributed by atoms with Gasteiger partial charge in [0.25, 0.3) is 0 Å². The van der Waals surface area contributed by atoms with Crippen LogP contribution >= 0.6 is 0 Å². The van der Waals surface area contributed by atoms with Crippen molar-refractivity contribution in [2.45, 2.75) is 25.9 Å². The van der Waals surface area contributed by atoms with Crippen molar-refractivity contribution < 1.29 is 9.53 Å². The molecule has 0 aliphatic carbocycles. The zero-order chi connectivity index (χ0) is 18.8. The van der Waals surface area contributed by atoms with Crippen LogP contribution in [-0.2, 0) is 22.5 Å². The standard InChI is InChI=1S/C17H22N8O2/c1-12-17-20-13(9-16(26)18-5-8-27-2)10-23(17)6-7-24(12)15-4-3-14-21-19-11-25(14)22-15/h3-4,10-12H,5-9H2,1-2H3,(H,18,26). The summed E-state index contributed by atoms with van der Waals surface area (Å²) in [7, 11) is 1.61. The summed E-state index contributed by atoms with van der Waals surface area (Å²) < 4.78 is 8.73. The number of nitrogens with zero attached hydrogens (tertiary/aromatic N) is 7. The fraction of sp³-hybridized carbons (Fsp3) is 0.471. The molecule has 10 nitrogen and oxygen atoms in total. The molecular formula is C17H22N8O2. The molecule has 1 N–H and O–H groups in total. The predicted octanol–water partition coefficient (Wildman–Crippen LogP) is 0.207. The van der Waals surface area contributed by atoms with Gasteiger partial charge in [0.2, 0.25) is 5.91 Å². The number of hydrogen-bond acceptors (Lipinski definition) is 7. The van der Waals surface area contributed by atoms with Gasteiger partial charge in [-0.25, -0.2) is 4.98 Å². The molecule has 1 unspecified atom stereocenters. The number of anilines is 1. The van der Waals surface area contributed by atoms with Crippen molar-refractivity contribution in [3.63, 3.8) is 0 Å². The lowest BCUT2D eigenvalue weighted by Crippen LogP contribution is -2.37. The summed E-state index contributed by atoms with van der Waals surface area (Å²) in [6.07, 6.45) is 3.82. The average Bonchev–Trinajstić information content (AvgIpc) is 3.28. The number of fused-ring (bicyclic) bond motifs is 2. The number of aromatic nitrogens is 6. The molecule has 0 aromatic carbocycles. The number of methoxy groups -OCH3 is 1. The molecule has 0 radical (unpaired) electrons. The Morgan fingerprint density at radius 3 is 3.11 bits per heavy atom. The molecule has 4 heterocycles. The summed E-state index contributed by atoms with van der Waals surface area (Å²) in [5.74, 6) is 1.74. The first-order chi connectivity index (χ1) is 13.2. The van der Waals surface area contributed by atoms with Gasteiger partial charge in [0.15, 0.2) is 5.65 Å². The smallest absolute Gasteiger partial charge is 0.226 e. The van der Waals surface area contributed by atoms with Gasteiger partial charge in [-0.05, 0) is 19.1 Å². The van der Waals surface area contributed by atoms with Crippen LogP contribution in [0.4, 0.5) is 5.82 Å². The molecule has 3 aromatic rings. The van der Waals surface area contributed by atoms with E-state index in [0.29, 0.717) is 18.8 Å². The maximum atomic E-state index is 12.0.